The monoisotopic (exact) mass is 254 g/mol. The van der Waals surface area contributed by atoms with Crippen molar-refractivity contribution in [1.82, 2.24) is 10.6 Å². The van der Waals surface area contributed by atoms with Crippen LogP contribution >= 0.6 is 0 Å². The van der Waals surface area contributed by atoms with Crippen LogP contribution in [0.1, 0.15) is 38.5 Å². The summed E-state index contributed by atoms with van der Waals surface area (Å²) >= 11 is 0. The molecule has 0 unspecified atom stereocenters. The third-order valence-corrected chi connectivity index (χ3v) is 4.87. The fourth-order valence-electron chi connectivity index (χ4n) is 3.26. The highest BCUT2D eigenvalue weighted by molar-refractivity contribution is 4.97. The molecule has 0 atom stereocenters. The maximum atomic E-state index is 5.36. The van der Waals surface area contributed by atoms with Gasteiger partial charge in [0.2, 0.25) is 0 Å². The highest BCUT2D eigenvalue weighted by Crippen LogP contribution is 2.33. The summed E-state index contributed by atoms with van der Waals surface area (Å²) in [5.41, 5.74) is 0.858. The Balaban J connectivity index is 0.000000111. The Bertz CT molecular complexity index is 231. The molecule has 4 fully saturated rings. The summed E-state index contributed by atoms with van der Waals surface area (Å²) in [6, 6.07) is 0. The van der Waals surface area contributed by atoms with Crippen LogP contribution < -0.4 is 10.6 Å². The summed E-state index contributed by atoms with van der Waals surface area (Å²) in [6.45, 7) is 5.82. The van der Waals surface area contributed by atoms with Gasteiger partial charge in [-0.05, 0) is 38.5 Å². The van der Waals surface area contributed by atoms with Crippen LogP contribution in [0.4, 0.5) is 0 Å². The van der Waals surface area contributed by atoms with Gasteiger partial charge in [0.25, 0.3) is 0 Å². The average Bonchev–Trinajstić information content (AvgIpc) is 2.38. The number of morpholine rings is 2. The van der Waals surface area contributed by atoms with Crippen LogP contribution in [0.15, 0.2) is 0 Å². The number of rotatable bonds is 0. The van der Waals surface area contributed by atoms with E-state index in [2.05, 4.69) is 10.6 Å². The zero-order valence-corrected chi connectivity index (χ0v) is 11.3. The van der Waals surface area contributed by atoms with Gasteiger partial charge < -0.3 is 20.1 Å². The van der Waals surface area contributed by atoms with Gasteiger partial charge in [-0.15, -0.1) is 0 Å². The maximum absolute atomic E-state index is 5.36. The Hall–Kier alpha value is -0.160. The van der Waals surface area contributed by atoms with Crippen molar-refractivity contribution in [3.63, 3.8) is 0 Å². The highest BCUT2D eigenvalue weighted by atomic mass is 16.5. The molecule has 2 aliphatic heterocycles. The van der Waals surface area contributed by atoms with Gasteiger partial charge in [0.05, 0.1) is 26.4 Å². The number of ether oxygens (including phenoxy) is 2. The Morgan fingerprint density at radius 2 is 1.11 bits per heavy atom. The van der Waals surface area contributed by atoms with Gasteiger partial charge in [-0.2, -0.15) is 0 Å². The fourth-order valence-corrected chi connectivity index (χ4v) is 3.26. The predicted molar refractivity (Wildman–Crippen MR) is 70.8 cm³/mol. The summed E-state index contributed by atoms with van der Waals surface area (Å²) in [6.07, 6.45) is 8.08. The Labute approximate surface area is 110 Å². The van der Waals surface area contributed by atoms with Crippen LogP contribution in [0.25, 0.3) is 0 Å². The van der Waals surface area contributed by atoms with Crippen molar-refractivity contribution in [2.45, 2.75) is 49.6 Å². The van der Waals surface area contributed by atoms with Crippen molar-refractivity contribution in [2.24, 2.45) is 0 Å². The van der Waals surface area contributed by atoms with E-state index in [9.17, 15) is 0 Å². The van der Waals surface area contributed by atoms with Gasteiger partial charge in [-0.1, -0.05) is 0 Å². The molecule has 0 bridgehead atoms. The van der Waals surface area contributed by atoms with E-state index in [1.54, 1.807) is 0 Å². The molecule has 2 saturated carbocycles. The quantitative estimate of drug-likeness (QED) is 0.678. The molecule has 2 spiro atoms. The lowest BCUT2D eigenvalue weighted by Gasteiger charge is -2.45. The summed E-state index contributed by atoms with van der Waals surface area (Å²) < 4.78 is 10.7. The number of hydrogen-bond donors (Lipinski definition) is 2. The molecule has 4 aliphatic rings. The molecule has 104 valence electrons. The van der Waals surface area contributed by atoms with E-state index < -0.39 is 0 Å². The first kappa shape index (κ1) is 12.9. The van der Waals surface area contributed by atoms with Crippen molar-refractivity contribution < 1.29 is 9.47 Å². The molecular formula is C14H26N2O2. The minimum atomic E-state index is 0.429. The van der Waals surface area contributed by atoms with Crippen LogP contribution in [0.3, 0.4) is 0 Å². The largest absolute Gasteiger partial charge is 0.378 e. The van der Waals surface area contributed by atoms with Crippen molar-refractivity contribution in [1.29, 1.82) is 0 Å². The third-order valence-electron chi connectivity index (χ3n) is 4.87. The molecule has 2 heterocycles. The van der Waals surface area contributed by atoms with Crippen LogP contribution in [0.5, 0.6) is 0 Å². The molecule has 2 saturated heterocycles. The second-order valence-corrected chi connectivity index (χ2v) is 6.23. The summed E-state index contributed by atoms with van der Waals surface area (Å²) in [5, 5.41) is 7.01. The lowest BCUT2D eigenvalue weighted by atomic mass is 9.77. The highest BCUT2D eigenvalue weighted by Gasteiger charge is 2.38. The smallest absolute Gasteiger partial charge is 0.0648 e. The Kier molecular flexibility index (Phi) is 3.89. The second kappa shape index (κ2) is 5.45. The van der Waals surface area contributed by atoms with Crippen LogP contribution in [0, 0.1) is 0 Å². The van der Waals surface area contributed by atoms with Crippen molar-refractivity contribution in [3.8, 4) is 0 Å². The van der Waals surface area contributed by atoms with E-state index in [-0.39, 0.29) is 0 Å². The molecule has 4 nitrogen and oxygen atoms in total. The number of hydrogen-bond acceptors (Lipinski definition) is 4. The molecule has 4 heteroatoms. The molecular weight excluding hydrogens is 228 g/mol. The fraction of sp³-hybridized carbons (Fsp3) is 1.00. The van der Waals surface area contributed by atoms with Gasteiger partial charge in [-0.25, -0.2) is 0 Å². The molecule has 0 aromatic heterocycles. The minimum absolute atomic E-state index is 0.429. The van der Waals surface area contributed by atoms with Gasteiger partial charge in [0.15, 0.2) is 0 Å². The van der Waals surface area contributed by atoms with E-state index in [1.165, 1.54) is 38.5 Å². The predicted octanol–water partition coefficient (Wildman–Crippen LogP) is 1.06. The zero-order chi connectivity index (χ0) is 12.3. The van der Waals surface area contributed by atoms with Crippen LogP contribution in [-0.2, 0) is 9.47 Å². The maximum Gasteiger partial charge on any atom is 0.0648 e. The minimum Gasteiger partial charge on any atom is -0.378 e. The van der Waals surface area contributed by atoms with Gasteiger partial charge in [-0.3, -0.25) is 0 Å². The van der Waals surface area contributed by atoms with Gasteiger partial charge >= 0.3 is 0 Å². The molecule has 2 aliphatic carbocycles. The molecule has 0 radical (unpaired) electrons. The van der Waals surface area contributed by atoms with Crippen molar-refractivity contribution in [2.75, 3.05) is 39.5 Å². The summed E-state index contributed by atoms with van der Waals surface area (Å²) in [5.74, 6) is 0. The molecule has 0 aromatic carbocycles. The van der Waals surface area contributed by atoms with E-state index in [4.69, 9.17) is 9.47 Å². The van der Waals surface area contributed by atoms with E-state index >= 15 is 0 Å². The molecule has 18 heavy (non-hydrogen) atoms. The first-order chi connectivity index (χ1) is 8.83. The molecule has 0 aromatic rings. The summed E-state index contributed by atoms with van der Waals surface area (Å²) in [7, 11) is 0. The van der Waals surface area contributed by atoms with E-state index in [0.29, 0.717) is 11.1 Å². The lowest BCUT2D eigenvalue weighted by molar-refractivity contribution is -0.0106. The lowest BCUT2D eigenvalue weighted by Crippen LogP contribution is -2.58. The number of nitrogens with one attached hydrogen (secondary N) is 2. The van der Waals surface area contributed by atoms with E-state index in [0.717, 1.165) is 39.5 Å². The SMILES string of the molecule is C1CC2(C1)COCCN2.C1CC2(C1)COCCN2. The zero-order valence-electron chi connectivity index (χ0n) is 11.3. The van der Waals surface area contributed by atoms with Crippen molar-refractivity contribution >= 4 is 0 Å². The average molecular weight is 254 g/mol. The van der Waals surface area contributed by atoms with E-state index in [1.807, 2.05) is 0 Å². The Morgan fingerprint density at radius 1 is 0.667 bits per heavy atom. The molecule has 0 amide bonds. The normalized spacial score (nSPS) is 32.0. The molecule has 2 N–H and O–H groups in total. The first-order valence-corrected chi connectivity index (χ1v) is 7.48. The topological polar surface area (TPSA) is 42.5 Å². The Morgan fingerprint density at radius 3 is 1.28 bits per heavy atom. The van der Waals surface area contributed by atoms with Crippen LogP contribution in [0.2, 0.25) is 0 Å². The first-order valence-electron chi connectivity index (χ1n) is 7.48. The van der Waals surface area contributed by atoms with Crippen molar-refractivity contribution in [3.05, 3.63) is 0 Å². The van der Waals surface area contributed by atoms with Gasteiger partial charge in [0.1, 0.15) is 0 Å². The van der Waals surface area contributed by atoms with Gasteiger partial charge in [0, 0.05) is 24.2 Å². The summed E-state index contributed by atoms with van der Waals surface area (Å²) in [4.78, 5) is 0. The standard InChI is InChI=1S/2C7H13NO/c2*1-2-7(3-1)6-9-5-4-8-7/h2*8H,1-6H2. The van der Waals surface area contributed by atoms with Crippen LogP contribution in [-0.4, -0.2) is 50.6 Å². The second-order valence-electron chi connectivity index (χ2n) is 6.23. The molecule has 4 rings (SSSR count). The third kappa shape index (κ3) is 2.72.